The van der Waals surface area contributed by atoms with Crippen LogP contribution >= 0.6 is 0 Å². The number of pyridine rings is 1. The molecule has 0 aliphatic carbocycles. The first-order valence-corrected chi connectivity index (χ1v) is 8.90. The Balaban J connectivity index is 1.54. The lowest BCUT2D eigenvalue weighted by molar-refractivity contribution is 0.182. The average Bonchev–Trinajstić information content (AvgIpc) is 3.27. The molecule has 5 rings (SSSR count). The van der Waals surface area contributed by atoms with E-state index in [1.807, 2.05) is 31.2 Å². The van der Waals surface area contributed by atoms with Crippen LogP contribution in [0.4, 0.5) is 5.82 Å². The molecule has 8 heteroatoms. The zero-order chi connectivity index (χ0) is 18.2. The maximum Gasteiger partial charge on any atom is 0.254 e. The molecule has 0 aromatic carbocycles. The molecule has 1 aliphatic rings. The van der Waals surface area contributed by atoms with Crippen molar-refractivity contribution in [3.8, 4) is 5.88 Å². The summed E-state index contributed by atoms with van der Waals surface area (Å²) < 4.78 is 10.2. The first kappa shape index (κ1) is 15.8. The standard InChI is InChI=1S/C19H19N7O/c1-14-9-18(26-19(23-14)21-13-22-26)25-10-15-5-4-8-24(15)11-16(12-25)27-17-6-2-3-7-20-17/h2-9,13,16H,10-12H2,1H3. The summed E-state index contributed by atoms with van der Waals surface area (Å²) in [6.45, 7) is 4.20. The van der Waals surface area contributed by atoms with Crippen molar-refractivity contribution in [3.05, 3.63) is 66.5 Å². The van der Waals surface area contributed by atoms with Gasteiger partial charge in [0, 0.05) is 35.9 Å². The lowest BCUT2D eigenvalue weighted by Gasteiger charge is -2.26. The molecule has 4 aromatic heterocycles. The highest BCUT2D eigenvalue weighted by Crippen LogP contribution is 2.23. The number of rotatable bonds is 3. The maximum atomic E-state index is 6.20. The smallest absolute Gasteiger partial charge is 0.254 e. The van der Waals surface area contributed by atoms with Crippen molar-refractivity contribution in [2.45, 2.75) is 26.1 Å². The van der Waals surface area contributed by atoms with Crippen LogP contribution in [-0.4, -0.2) is 41.8 Å². The van der Waals surface area contributed by atoms with Gasteiger partial charge < -0.3 is 14.2 Å². The number of anilines is 1. The number of hydrogen-bond acceptors (Lipinski definition) is 6. The molecule has 0 fully saturated rings. The fourth-order valence-corrected chi connectivity index (χ4v) is 3.53. The van der Waals surface area contributed by atoms with Crippen molar-refractivity contribution < 1.29 is 4.74 Å². The molecular formula is C19H19N7O. The number of nitrogens with zero attached hydrogens (tertiary/aromatic N) is 7. The molecule has 4 aromatic rings. The molecular weight excluding hydrogens is 342 g/mol. The quantitative estimate of drug-likeness (QED) is 0.556. The van der Waals surface area contributed by atoms with Gasteiger partial charge >= 0.3 is 0 Å². The van der Waals surface area contributed by atoms with E-state index in [0.717, 1.165) is 24.6 Å². The van der Waals surface area contributed by atoms with Crippen LogP contribution in [0.3, 0.4) is 0 Å². The van der Waals surface area contributed by atoms with E-state index in [4.69, 9.17) is 4.74 Å². The molecule has 0 saturated heterocycles. The first-order valence-electron chi connectivity index (χ1n) is 8.90. The summed E-state index contributed by atoms with van der Waals surface area (Å²) in [5.41, 5.74) is 2.14. The molecule has 0 N–H and O–H groups in total. The van der Waals surface area contributed by atoms with Crippen LogP contribution in [-0.2, 0) is 13.1 Å². The molecule has 27 heavy (non-hydrogen) atoms. The lowest BCUT2D eigenvalue weighted by atomic mass is 10.3. The van der Waals surface area contributed by atoms with E-state index in [2.05, 4.69) is 47.8 Å². The van der Waals surface area contributed by atoms with Crippen LogP contribution < -0.4 is 9.64 Å². The number of aromatic nitrogens is 6. The number of hydrogen-bond donors (Lipinski definition) is 0. The molecule has 0 bridgehead atoms. The van der Waals surface area contributed by atoms with Crippen molar-refractivity contribution in [3.63, 3.8) is 0 Å². The maximum absolute atomic E-state index is 6.20. The minimum atomic E-state index is -0.0550. The first-order chi connectivity index (χ1) is 13.3. The number of ether oxygens (including phenoxy) is 1. The number of fused-ring (bicyclic) bond motifs is 2. The Labute approximate surface area is 156 Å². The van der Waals surface area contributed by atoms with Crippen molar-refractivity contribution >= 4 is 11.6 Å². The largest absolute Gasteiger partial charge is 0.471 e. The van der Waals surface area contributed by atoms with Crippen molar-refractivity contribution in [1.82, 2.24) is 29.1 Å². The Morgan fingerprint density at radius 2 is 2.07 bits per heavy atom. The Hall–Kier alpha value is -3.42. The summed E-state index contributed by atoms with van der Waals surface area (Å²) in [5.74, 6) is 2.20. The third kappa shape index (κ3) is 2.99. The van der Waals surface area contributed by atoms with Crippen molar-refractivity contribution in [2.75, 3.05) is 11.4 Å². The summed E-state index contributed by atoms with van der Waals surface area (Å²) in [4.78, 5) is 15.3. The average molecular weight is 361 g/mol. The highest BCUT2D eigenvalue weighted by atomic mass is 16.5. The predicted molar refractivity (Wildman–Crippen MR) is 99.7 cm³/mol. The second-order valence-corrected chi connectivity index (χ2v) is 6.67. The van der Waals surface area contributed by atoms with E-state index in [9.17, 15) is 0 Å². The Morgan fingerprint density at radius 3 is 2.96 bits per heavy atom. The summed E-state index contributed by atoms with van der Waals surface area (Å²) in [6, 6.07) is 12.0. The summed E-state index contributed by atoms with van der Waals surface area (Å²) in [5, 5.41) is 4.36. The zero-order valence-corrected chi connectivity index (χ0v) is 14.9. The van der Waals surface area contributed by atoms with Crippen molar-refractivity contribution in [1.29, 1.82) is 0 Å². The van der Waals surface area contributed by atoms with E-state index in [1.54, 1.807) is 10.7 Å². The minimum Gasteiger partial charge on any atom is -0.471 e. The van der Waals surface area contributed by atoms with Gasteiger partial charge in [0.1, 0.15) is 18.2 Å². The van der Waals surface area contributed by atoms with E-state index in [1.165, 1.54) is 12.0 Å². The van der Waals surface area contributed by atoms with Gasteiger partial charge in [0.2, 0.25) is 5.88 Å². The molecule has 8 nitrogen and oxygen atoms in total. The topological polar surface area (TPSA) is 73.4 Å². The molecule has 0 amide bonds. The van der Waals surface area contributed by atoms with Crippen LogP contribution in [0.1, 0.15) is 11.4 Å². The van der Waals surface area contributed by atoms with Gasteiger partial charge in [-0.3, -0.25) is 0 Å². The highest BCUT2D eigenvalue weighted by molar-refractivity contribution is 5.48. The molecule has 1 aliphatic heterocycles. The molecule has 1 atom stereocenters. The van der Waals surface area contributed by atoms with Gasteiger partial charge in [0.25, 0.3) is 5.78 Å². The van der Waals surface area contributed by atoms with Gasteiger partial charge in [-0.1, -0.05) is 6.07 Å². The normalized spacial score (nSPS) is 16.9. The van der Waals surface area contributed by atoms with Gasteiger partial charge in [-0.2, -0.15) is 14.6 Å². The summed E-state index contributed by atoms with van der Waals surface area (Å²) in [7, 11) is 0. The fourth-order valence-electron chi connectivity index (χ4n) is 3.53. The van der Waals surface area contributed by atoms with E-state index in [-0.39, 0.29) is 6.10 Å². The van der Waals surface area contributed by atoms with Crippen LogP contribution in [0, 0.1) is 6.92 Å². The van der Waals surface area contributed by atoms with Gasteiger partial charge in [-0.15, -0.1) is 0 Å². The van der Waals surface area contributed by atoms with Crippen LogP contribution in [0.5, 0.6) is 5.88 Å². The molecule has 136 valence electrons. The van der Waals surface area contributed by atoms with Crippen LogP contribution in [0.15, 0.2) is 55.1 Å². The van der Waals surface area contributed by atoms with Crippen LogP contribution in [0.2, 0.25) is 0 Å². The van der Waals surface area contributed by atoms with Crippen molar-refractivity contribution in [2.24, 2.45) is 0 Å². The Kier molecular flexibility index (Phi) is 3.74. The van der Waals surface area contributed by atoms with Gasteiger partial charge in [0.15, 0.2) is 0 Å². The molecule has 1 unspecified atom stereocenters. The van der Waals surface area contributed by atoms with E-state index in [0.29, 0.717) is 18.2 Å². The SMILES string of the molecule is Cc1cc(N2Cc3cccn3CC(Oc3ccccn3)C2)n2ncnc2n1. The Bertz CT molecular complexity index is 1070. The second-order valence-electron chi connectivity index (χ2n) is 6.67. The monoisotopic (exact) mass is 361 g/mol. The Morgan fingerprint density at radius 1 is 1.11 bits per heavy atom. The summed E-state index contributed by atoms with van der Waals surface area (Å²) in [6.07, 6.45) is 5.32. The van der Waals surface area contributed by atoms with E-state index >= 15 is 0 Å². The lowest BCUT2D eigenvalue weighted by Crippen LogP contribution is -2.36. The highest BCUT2D eigenvalue weighted by Gasteiger charge is 2.25. The van der Waals surface area contributed by atoms with E-state index < -0.39 is 0 Å². The molecule has 0 saturated carbocycles. The fraction of sp³-hybridized carbons (Fsp3) is 0.263. The summed E-state index contributed by atoms with van der Waals surface area (Å²) >= 11 is 0. The van der Waals surface area contributed by atoms with Gasteiger partial charge in [0.05, 0.1) is 19.6 Å². The van der Waals surface area contributed by atoms with Gasteiger partial charge in [-0.05, 0) is 25.1 Å². The van der Waals surface area contributed by atoms with Crippen LogP contribution in [0.25, 0.3) is 5.78 Å². The zero-order valence-electron chi connectivity index (χ0n) is 14.9. The molecule has 0 spiro atoms. The third-order valence-electron chi connectivity index (χ3n) is 4.71. The predicted octanol–water partition coefficient (Wildman–Crippen LogP) is 2.10. The second kappa shape index (κ2) is 6.39. The molecule has 5 heterocycles. The third-order valence-corrected chi connectivity index (χ3v) is 4.71. The minimum absolute atomic E-state index is 0.0550. The molecule has 0 radical (unpaired) electrons. The number of aryl methyl sites for hydroxylation is 1. The van der Waals surface area contributed by atoms with Gasteiger partial charge in [-0.25, -0.2) is 9.97 Å².